The average molecular weight is 376 g/mol. The van der Waals surface area contributed by atoms with Crippen LogP contribution in [0.4, 0.5) is 0 Å². The van der Waals surface area contributed by atoms with E-state index in [2.05, 4.69) is 10.3 Å². The van der Waals surface area contributed by atoms with Crippen LogP contribution in [0.3, 0.4) is 0 Å². The van der Waals surface area contributed by atoms with E-state index in [4.69, 9.17) is 4.74 Å². The van der Waals surface area contributed by atoms with Gasteiger partial charge in [-0.1, -0.05) is 12.1 Å². The maximum Gasteiger partial charge on any atom is 0.245 e. The topological polar surface area (TPSA) is 76.5 Å². The largest absolute Gasteiger partial charge is 0.378 e. The molecule has 0 radical (unpaired) electrons. The van der Waals surface area contributed by atoms with Crippen molar-refractivity contribution in [3.8, 4) is 0 Å². The smallest absolute Gasteiger partial charge is 0.245 e. The number of nitrogens with zero attached hydrogens (tertiary/aromatic N) is 3. The number of para-hydroxylation sites is 2. The van der Waals surface area contributed by atoms with E-state index in [1.165, 1.54) is 0 Å². The first-order chi connectivity index (χ1) is 12.6. The summed E-state index contributed by atoms with van der Waals surface area (Å²) in [7, 11) is 0. The highest BCUT2D eigenvalue weighted by Gasteiger charge is 2.24. The molecule has 1 aliphatic rings. The third-order valence-corrected chi connectivity index (χ3v) is 4.93. The molecule has 1 saturated heterocycles. The summed E-state index contributed by atoms with van der Waals surface area (Å²) in [5, 5.41) is 2.82. The Kier molecular flexibility index (Phi) is 6.16. The molecule has 1 atom stereocenters. The van der Waals surface area contributed by atoms with Crippen molar-refractivity contribution in [1.82, 2.24) is 19.8 Å². The number of amides is 2. The zero-order valence-corrected chi connectivity index (χ0v) is 15.9. The molecule has 2 heterocycles. The number of thioether (sulfide) groups is 1. The number of ether oxygens (including phenoxy) is 1. The van der Waals surface area contributed by atoms with E-state index in [1.54, 1.807) is 23.6 Å². The van der Waals surface area contributed by atoms with Gasteiger partial charge in [-0.15, -0.1) is 0 Å². The van der Waals surface area contributed by atoms with Crippen molar-refractivity contribution in [2.75, 3.05) is 32.6 Å². The average Bonchev–Trinajstić information content (AvgIpc) is 2.99. The van der Waals surface area contributed by atoms with Crippen LogP contribution >= 0.6 is 11.8 Å². The van der Waals surface area contributed by atoms with Gasteiger partial charge in [-0.05, 0) is 25.3 Å². The number of carbonyl (C=O) groups is 2. The van der Waals surface area contributed by atoms with Gasteiger partial charge in [-0.25, -0.2) is 4.98 Å². The van der Waals surface area contributed by atoms with Crippen molar-refractivity contribution >= 4 is 34.6 Å². The van der Waals surface area contributed by atoms with Gasteiger partial charge in [0.05, 0.1) is 30.0 Å². The van der Waals surface area contributed by atoms with Crippen molar-refractivity contribution in [3.05, 3.63) is 30.1 Å². The Morgan fingerprint density at radius 2 is 2.04 bits per heavy atom. The molecule has 1 aliphatic heterocycles. The number of rotatable bonds is 6. The number of carbonyl (C=O) groups excluding carboxylic acids is 2. The molecule has 3 rings (SSSR count). The third kappa shape index (κ3) is 4.19. The Balaban J connectivity index is 1.68. The summed E-state index contributed by atoms with van der Waals surface area (Å²) in [5.41, 5.74) is 1.81. The van der Waals surface area contributed by atoms with Crippen LogP contribution in [0.1, 0.15) is 12.7 Å². The molecule has 0 bridgehead atoms. The molecule has 2 aromatic rings. The number of fused-ring (bicyclic) bond motifs is 1. The van der Waals surface area contributed by atoms with Crippen molar-refractivity contribution < 1.29 is 14.3 Å². The molecule has 0 spiro atoms. The molecule has 1 aromatic carbocycles. The predicted molar refractivity (Wildman–Crippen MR) is 102 cm³/mol. The van der Waals surface area contributed by atoms with Crippen molar-refractivity contribution in [1.29, 1.82) is 0 Å². The van der Waals surface area contributed by atoms with E-state index in [1.807, 2.05) is 35.1 Å². The number of aromatic nitrogens is 2. The molecule has 1 aromatic heterocycles. The summed E-state index contributed by atoms with van der Waals surface area (Å²) in [6, 6.07) is 7.22. The van der Waals surface area contributed by atoms with Gasteiger partial charge in [0.25, 0.3) is 0 Å². The first kappa shape index (κ1) is 18.7. The molecule has 8 heteroatoms. The standard InChI is InChI=1S/C18H24N4O3S/c1-13(18(24)21-7-9-25-10-8-21)19-17(23)11-22-15-6-4-3-5-14(15)20-16(22)12-26-2/h3-6,13H,7-12H2,1-2H3,(H,19,23). The van der Waals surface area contributed by atoms with Gasteiger partial charge < -0.3 is 19.5 Å². The maximum atomic E-state index is 12.5. The van der Waals surface area contributed by atoms with Crippen molar-refractivity contribution in [2.24, 2.45) is 0 Å². The van der Waals surface area contributed by atoms with Crippen LogP contribution in [-0.2, 0) is 26.6 Å². The number of imidazole rings is 1. The normalized spacial score (nSPS) is 15.8. The van der Waals surface area contributed by atoms with Gasteiger partial charge in [0, 0.05) is 13.1 Å². The Bertz CT molecular complexity index is 786. The fourth-order valence-electron chi connectivity index (χ4n) is 3.09. The van der Waals surface area contributed by atoms with E-state index < -0.39 is 6.04 Å². The van der Waals surface area contributed by atoms with Gasteiger partial charge in [-0.3, -0.25) is 9.59 Å². The molecule has 2 amide bonds. The lowest BCUT2D eigenvalue weighted by molar-refractivity contribution is -0.139. The molecule has 140 valence electrons. The Morgan fingerprint density at radius 1 is 1.31 bits per heavy atom. The monoisotopic (exact) mass is 376 g/mol. The summed E-state index contributed by atoms with van der Waals surface area (Å²) >= 11 is 1.66. The number of morpholine rings is 1. The Morgan fingerprint density at radius 3 is 2.77 bits per heavy atom. The van der Waals surface area contributed by atoms with Crippen LogP contribution in [0.2, 0.25) is 0 Å². The van der Waals surface area contributed by atoms with Gasteiger partial charge >= 0.3 is 0 Å². The second-order valence-corrected chi connectivity index (χ2v) is 7.13. The van der Waals surface area contributed by atoms with Gasteiger partial charge in [0.1, 0.15) is 18.4 Å². The number of hydrogen-bond donors (Lipinski definition) is 1. The van der Waals surface area contributed by atoms with E-state index in [0.717, 1.165) is 22.6 Å². The molecular weight excluding hydrogens is 352 g/mol. The Hall–Kier alpha value is -2.06. The second kappa shape index (κ2) is 8.55. The fraction of sp³-hybridized carbons (Fsp3) is 0.500. The Labute approximate surface area is 157 Å². The SMILES string of the molecule is CSCc1nc2ccccc2n1CC(=O)NC(C)C(=O)N1CCOCC1. The number of benzene rings is 1. The van der Waals surface area contributed by atoms with Crippen LogP contribution in [0, 0.1) is 0 Å². The van der Waals surface area contributed by atoms with Gasteiger partial charge in [0.2, 0.25) is 11.8 Å². The van der Waals surface area contributed by atoms with Crippen LogP contribution in [0.15, 0.2) is 24.3 Å². The molecule has 0 aliphatic carbocycles. The number of hydrogen-bond acceptors (Lipinski definition) is 5. The molecule has 0 saturated carbocycles. The minimum atomic E-state index is -0.556. The van der Waals surface area contributed by atoms with E-state index in [-0.39, 0.29) is 18.4 Å². The first-order valence-electron chi connectivity index (χ1n) is 8.69. The zero-order chi connectivity index (χ0) is 18.5. The molecule has 7 nitrogen and oxygen atoms in total. The zero-order valence-electron chi connectivity index (χ0n) is 15.1. The lowest BCUT2D eigenvalue weighted by atomic mass is 10.2. The molecule has 26 heavy (non-hydrogen) atoms. The highest BCUT2D eigenvalue weighted by Crippen LogP contribution is 2.18. The van der Waals surface area contributed by atoms with E-state index in [9.17, 15) is 9.59 Å². The summed E-state index contributed by atoms with van der Waals surface area (Å²) in [4.78, 5) is 31.3. The summed E-state index contributed by atoms with van der Waals surface area (Å²) < 4.78 is 7.19. The van der Waals surface area contributed by atoms with Crippen LogP contribution in [0.5, 0.6) is 0 Å². The highest BCUT2D eigenvalue weighted by molar-refractivity contribution is 7.97. The fourth-order valence-corrected chi connectivity index (χ4v) is 3.57. The molecule has 1 fully saturated rings. The minimum absolute atomic E-state index is 0.0681. The quantitative estimate of drug-likeness (QED) is 0.821. The van der Waals surface area contributed by atoms with E-state index >= 15 is 0 Å². The minimum Gasteiger partial charge on any atom is -0.378 e. The summed E-state index contributed by atoms with van der Waals surface area (Å²) in [6.07, 6.45) is 2.01. The summed E-state index contributed by atoms with van der Waals surface area (Å²) in [6.45, 7) is 4.12. The second-order valence-electron chi connectivity index (χ2n) is 6.26. The van der Waals surface area contributed by atoms with Crippen LogP contribution in [0.25, 0.3) is 11.0 Å². The van der Waals surface area contributed by atoms with Gasteiger partial charge in [-0.2, -0.15) is 11.8 Å². The van der Waals surface area contributed by atoms with Crippen LogP contribution < -0.4 is 5.32 Å². The lowest BCUT2D eigenvalue weighted by Gasteiger charge is -2.29. The third-order valence-electron chi connectivity index (χ3n) is 4.38. The van der Waals surface area contributed by atoms with Crippen molar-refractivity contribution in [2.45, 2.75) is 25.3 Å². The predicted octanol–water partition coefficient (Wildman–Crippen LogP) is 1.26. The van der Waals surface area contributed by atoms with Crippen LogP contribution in [-0.4, -0.2) is 64.9 Å². The first-order valence-corrected chi connectivity index (χ1v) is 10.1. The maximum absolute atomic E-state index is 12.5. The van der Waals surface area contributed by atoms with Crippen molar-refractivity contribution in [3.63, 3.8) is 0 Å². The summed E-state index contributed by atoms with van der Waals surface area (Å²) in [5.74, 6) is 1.33. The lowest BCUT2D eigenvalue weighted by Crippen LogP contribution is -2.51. The highest BCUT2D eigenvalue weighted by atomic mass is 32.2. The molecule has 1 unspecified atom stereocenters. The molecule has 1 N–H and O–H groups in total. The molecular formula is C18H24N4O3S. The number of nitrogens with one attached hydrogen (secondary N) is 1. The van der Waals surface area contributed by atoms with Gasteiger partial charge in [0.15, 0.2) is 0 Å². The van der Waals surface area contributed by atoms with E-state index in [0.29, 0.717) is 26.3 Å².